The van der Waals surface area contributed by atoms with Gasteiger partial charge in [0, 0.05) is 5.69 Å². The van der Waals surface area contributed by atoms with Gasteiger partial charge in [-0.1, -0.05) is 18.2 Å². The van der Waals surface area contributed by atoms with E-state index in [4.69, 9.17) is 15.2 Å². The quantitative estimate of drug-likeness (QED) is 0.687. The van der Waals surface area contributed by atoms with Gasteiger partial charge in [-0.15, -0.1) is 0 Å². The van der Waals surface area contributed by atoms with E-state index in [2.05, 4.69) is 15.9 Å². The minimum absolute atomic E-state index is 0.198. The molecule has 0 saturated carbocycles. The van der Waals surface area contributed by atoms with Crippen LogP contribution in [0.15, 0.2) is 46.9 Å². The lowest BCUT2D eigenvalue weighted by molar-refractivity contribution is 0.0471. The number of hydrogen-bond acceptors (Lipinski definition) is 4. The number of esters is 1. The van der Waals surface area contributed by atoms with Crippen molar-refractivity contribution >= 4 is 27.6 Å². The lowest BCUT2D eigenvalue weighted by atomic mass is 10.2. The number of rotatable bonds is 4. The van der Waals surface area contributed by atoms with Crippen LogP contribution in [0.2, 0.25) is 0 Å². The highest BCUT2D eigenvalue weighted by Crippen LogP contribution is 2.24. The van der Waals surface area contributed by atoms with E-state index in [0.29, 0.717) is 15.7 Å². The fraction of sp³-hybridized carbons (Fsp3) is 0.133. The first-order valence-electron chi connectivity index (χ1n) is 5.96. The molecule has 0 bridgehead atoms. The normalized spacial score (nSPS) is 10.1. The van der Waals surface area contributed by atoms with Gasteiger partial charge < -0.3 is 15.2 Å². The number of benzene rings is 2. The molecule has 2 N–H and O–H groups in total. The van der Waals surface area contributed by atoms with Gasteiger partial charge >= 0.3 is 5.97 Å². The Morgan fingerprint density at radius 3 is 2.55 bits per heavy atom. The number of halogens is 1. The summed E-state index contributed by atoms with van der Waals surface area (Å²) in [6.07, 6.45) is 0. The SMILES string of the molecule is COc1ccc(COC(=O)c2cccc(N)c2Br)cc1. The maximum Gasteiger partial charge on any atom is 0.339 e. The van der Waals surface area contributed by atoms with Crippen molar-refractivity contribution in [3.8, 4) is 5.75 Å². The number of carbonyl (C=O) groups excluding carboxylic acids is 1. The summed E-state index contributed by atoms with van der Waals surface area (Å²) in [6.45, 7) is 0.198. The molecule has 0 saturated heterocycles. The molecule has 2 aromatic rings. The summed E-state index contributed by atoms with van der Waals surface area (Å²) in [6, 6.07) is 12.4. The number of nitrogen functional groups attached to an aromatic ring is 1. The van der Waals surface area contributed by atoms with Gasteiger partial charge in [0.1, 0.15) is 12.4 Å². The van der Waals surface area contributed by atoms with Crippen LogP contribution in [-0.2, 0) is 11.3 Å². The average Bonchev–Trinajstić information content (AvgIpc) is 2.48. The molecule has 0 atom stereocenters. The maximum atomic E-state index is 12.0. The van der Waals surface area contributed by atoms with E-state index in [1.165, 1.54) is 0 Å². The maximum absolute atomic E-state index is 12.0. The second kappa shape index (κ2) is 6.43. The average molecular weight is 336 g/mol. The van der Waals surface area contributed by atoms with Gasteiger partial charge in [0.05, 0.1) is 17.1 Å². The Hall–Kier alpha value is -2.01. The zero-order chi connectivity index (χ0) is 14.5. The topological polar surface area (TPSA) is 61.5 Å². The third-order valence-electron chi connectivity index (χ3n) is 2.78. The van der Waals surface area contributed by atoms with E-state index in [1.54, 1.807) is 25.3 Å². The van der Waals surface area contributed by atoms with Gasteiger partial charge in [-0.3, -0.25) is 0 Å². The van der Waals surface area contributed by atoms with Crippen LogP contribution in [0.1, 0.15) is 15.9 Å². The Balaban J connectivity index is 2.02. The molecule has 0 heterocycles. The van der Waals surface area contributed by atoms with Gasteiger partial charge in [-0.25, -0.2) is 4.79 Å². The molecule has 0 fully saturated rings. The lowest BCUT2D eigenvalue weighted by Crippen LogP contribution is -2.07. The Kier molecular flexibility index (Phi) is 4.63. The largest absolute Gasteiger partial charge is 0.497 e. The van der Waals surface area contributed by atoms with Crippen molar-refractivity contribution in [2.24, 2.45) is 0 Å². The molecule has 0 amide bonds. The van der Waals surface area contributed by atoms with Crippen LogP contribution in [0.4, 0.5) is 5.69 Å². The van der Waals surface area contributed by atoms with Crippen molar-refractivity contribution < 1.29 is 14.3 Å². The first kappa shape index (κ1) is 14.4. The van der Waals surface area contributed by atoms with Crippen LogP contribution in [0.3, 0.4) is 0 Å². The van der Waals surface area contributed by atoms with Gasteiger partial charge in [0.15, 0.2) is 0 Å². The van der Waals surface area contributed by atoms with E-state index < -0.39 is 5.97 Å². The number of anilines is 1. The third-order valence-corrected chi connectivity index (χ3v) is 3.66. The summed E-state index contributed by atoms with van der Waals surface area (Å²) < 4.78 is 10.9. The summed E-state index contributed by atoms with van der Waals surface area (Å²) in [4.78, 5) is 12.0. The van der Waals surface area contributed by atoms with E-state index in [-0.39, 0.29) is 6.61 Å². The number of methoxy groups -OCH3 is 1. The van der Waals surface area contributed by atoms with Crippen molar-refractivity contribution in [2.75, 3.05) is 12.8 Å². The van der Waals surface area contributed by atoms with Gasteiger partial charge in [0.25, 0.3) is 0 Å². The Labute approximate surface area is 125 Å². The number of carbonyl (C=O) groups is 1. The zero-order valence-electron chi connectivity index (χ0n) is 10.9. The van der Waals surface area contributed by atoms with Crippen LogP contribution in [-0.4, -0.2) is 13.1 Å². The Morgan fingerprint density at radius 2 is 1.90 bits per heavy atom. The van der Waals surface area contributed by atoms with Crippen LogP contribution < -0.4 is 10.5 Å². The highest BCUT2D eigenvalue weighted by Gasteiger charge is 2.13. The molecule has 0 aliphatic heterocycles. The monoisotopic (exact) mass is 335 g/mol. The minimum atomic E-state index is -0.417. The van der Waals surface area contributed by atoms with Crippen molar-refractivity contribution in [1.29, 1.82) is 0 Å². The first-order valence-corrected chi connectivity index (χ1v) is 6.75. The van der Waals surface area contributed by atoms with Crippen LogP contribution in [0.5, 0.6) is 5.75 Å². The molecule has 0 aliphatic carbocycles. The van der Waals surface area contributed by atoms with E-state index in [1.807, 2.05) is 24.3 Å². The molecule has 0 aliphatic rings. The summed E-state index contributed by atoms with van der Waals surface area (Å²) in [5, 5.41) is 0. The fourth-order valence-electron chi connectivity index (χ4n) is 1.66. The van der Waals surface area contributed by atoms with Crippen LogP contribution in [0, 0.1) is 0 Å². The third kappa shape index (κ3) is 3.30. The summed E-state index contributed by atoms with van der Waals surface area (Å²) >= 11 is 3.28. The second-order valence-electron chi connectivity index (χ2n) is 4.13. The number of hydrogen-bond donors (Lipinski definition) is 1. The van der Waals surface area contributed by atoms with Gasteiger partial charge in [-0.05, 0) is 45.8 Å². The first-order chi connectivity index (χ1) is 9.61. The standard InChI is InChI=1S/C15H14BrNO3/c1-19-11-7-5-10(6-8-11)9-20-15(18)12-3-2-4-13(17)14(12)16/h2-8H,9,17H2,1H3. The van der Waals surface area contributed by atoms with Crippen molar-refractivity contribution in [3.63, 3.8) is 0 Å². The van der Waals surface area contributed by atoms with Gasteiger partial charge in [0.2, 0.25) is 0 Å². The molecule has 4 nitrogen and oxygen atoms in total. The second-order valence-corrected chi connectivity index (χ2v) is 4.93. The van der Waals surface area contributed by atoms with Crippen molar-refractivity contribution in [1.82, 2.24) is 0 Å². The molecular formula is C15H14BrNO3. The van der Waals surface area contributed by atoms with Gasteiger partial charge in [-0.2, -0.15) is 0 Å². The van der Waals surface area contributed by atoms with Crippen molar-refractivity contribution in [2.45, 2.75) is 6.61 Å². The number of nitrogens with two attached hydrogens (primary N) is 1. The fourth-order valence-corrected chi connectivity index (χ4v) is 2.08. The summed E-state index contributed by atoms with van der Waals surface area (Å²) in [5.74, 6) is 0.346. The lowest BCUT2D eigenvalue weighted by Gasteiger charge is -2.08. The number of ether oxygens (including phenoxy) is 2. The molecule has 0 unspecified atom stereocenters. The molecule has 104 valence electrons. The molecule has 2 rings (SSSR count). The molecule has 20 heavy (non-hydrogen) atoms. The molecule has 0 spiro atoms. The van der Waals surface area contributed by atoms with Crippen LogP contribution in [0.25, 0.3) is 0 Å². The van der Waals surface area contributed by atoms with Crippen LogP contribution >= 0.6 is 15.9 Å². The molecular weight excluding hydrogens is 322 g/mol. The Bertz CT molecular complexity index is 611. The minimum Gasteiger partial charge on any atom is -0.497 e. The zero-order valence-corrected chi connectivity index (χ0v) is 12.5. The molecule has 0 aromatic heterocycles. The van der Waals surface area contributed by atoms with E-state index in [0.717, 1.165) is 11.3 Å². The smallest absolute Gasteiger partial charge is 0.339 e. The molecule has 0 radical (unpaired) electrons. The summed E-state index contributed by atoms with van der Waals surface area (Å²) in [7, 11) is 1.60. The highest BCUT2D eigenvalue weighted by atomic mass is 79.9. The van der Waals surface area contributed by atoms with E-state index >= 15 is 0 Å². The highest BCUT2D eigenvalue weighted by molar-refractivity contribution is 9.10. The molecule has 2 aromatic carbocycles. The Morgan fingerprint density at radius 1 is 1.20 bits per heavy atom. The summed E-state index contributed by atoms with van der Waals surface area (Å²) in [5.41, 5.74) is 7.54. The van der Waals surface area contributed by atoms with Crippen molar-refractivity contribution in [3.05, 3.63) is 58.1 Å². The van der Waals surface area contributed by atoms with E-state index in [9.17, 15) is 4.79 Å². The predicted octanol–water partition coefficient (Wildman–Crippen LogP) is 3.40. The molecule has 5 heteroatoms. The predicted molar refractivity (Wildman–Crippen MR) is 80.7 cm³/mol.